The van der Waals surface area contributed by atoms with Gasteiger partial charge in [-0.2, -0.15) is 0 Å². The summed E-state index contributed by atoms with van der Waals surface area (Å²) in [6.07, 6.45) is -3.11. The van der Waals surface area contributed by atoms with Gasteiger partial charge in [-0.1, -0.05) is 52.2 Å². The average molecular weight is 609 g/mol. The van der Waals surface area contributed by atoms with E-state index in [0.29, 0.717) is 16.6 Å². The molecular formula is C24H36BrF2N3O4SSi. The van der Waals surface area contributed by atoms with Crippen molar-refractivity contribution < 1.29 is 28.2 Å². The van der Waals surface area contributed by atoms with E-state index < -0.39 is 48.4 Å². The normalized spacial score (nSPS) is 26.8. The van der Waals surface area contributed by atoms with Gasteiger partial charge in [-0.15, -0.1) is 0 Å². The number of amidine groups is 1. The lowest BCUT2D eigenvalue weighted by atomic mass is 9.86. The molecule has 1 aliphatic carbocycles. The second-order valence-corrected chi connectivity index (χ2v) is 19.8. The SMILES string of the molecule is COc1ncc(Br)cc1[C@@]1(C)N=C(N(C(=O)O)C(OCC[Si](C)(C)C)C(C)(C)C)S[C@@]2(C(F)F)C[C@@H]12. The van der Waals surface area contributed by atoms with Crippen LogP contribution in [0.1, 0.15) is 39.7 Å². The zero-order valence-electron chi connectivity index (χ0n) is 22.1. The first-order chi connectivity index (χ1) is 16.5. The number of methoxy groups -OCH3 is 1. The quantitative estimate of drug-likeness (QED) is 0.255. The van der Waals surface area contributed by atoms with E-state index in [-0.39, 0.29) is 17.5 Å². The highest BCUT2D eigenvalue weighted by molar-refractivity contribution is 9.10. The number of carbonyl (C=O) groups is 1. The molecule has 1 unspecified atom stereocenters. The summed E-state index contributed by atoms with van der Waals surface area (Å²) in [5.74, 6) is -0.244. The van der Waals surface area contributed by atoms with Crippen LogP contribution in [0.2, 0.25) is 25.7 Å². The van der Waals surface area contributed by atoms with Gasteiger partial charge in [0.2, 0.25) is 5.88 Å². The average Bonchev–Trinajstić information content (AvgIpc) is 3.48. The van der Waals surface area contributed by atoms with Crippen LogP contribution >= 0.6 is 27.7 Å². The van der Waals surface area contributed by atoms with Crippen molar-refractivity contribution in [1.82, 2.24) is 9.88 Å². The topological polar surface area (TPSA) is 84.3 Å². The molecule has 0 aromatic carbocycles. The standard InChI is InChI=1S/C24H36BrF2N3O4SSi/c1-22(2,3)19(34-9-10-36(6,7)8)30(21(31)32)20-29-23(4,16-12-24(16,35-20)18(26)27)15-11-14(25)13-28-17(15)33-5/h11,13,16,18-19H,9-10,12H2,1-8H3,(H,31,32)/t16-,19?,23+,24-/m0/s1. The maximum Gasteiger partial charge on any atom is 0.415 e. The fraction of sp³-hybridized carbons (Fsp3) is 0.708. The monoisotopic (exact) mass is 607 g/mol. The van der Waals surface area contributed by atoms with Crippen LogP contribution in [0.4, 0.5) is 13.6 Å². The number of aromatic nitrogens is 1. The highest BCUT2D eigenvalue weighted by Gasteiger charge is 2.72. The van der Waals surface area contributed by atoms with Gasteiger partial charge >= 0.3 is 6.09 Å². The van der Waals surface area contributed by atoms with Crippen LogP contribution in [0.5, 0.6) is 5.88 Å². The predicted molar refractivity (Wildman–Crippen MR) is 145 cm³/mol. The number of nitrogens with zero attached hydrogens (tertiary/aromatic N) is 3. The van der Waals surface area contributed by atoms with Gasteiger partial charge in [0, 0.05) is 42.2 Å². The minimum absolute atomic E-state index is 0.00834. The molecule has 1 aromatic rings. The van der Waals surface area contributed by atoms with E-state index in [1.165, 1.54) is 7.11 Å². The first-order valence-corrected chi connectivity index (χ1v) is 17.2. The van der Waals surface area contributed by atoms with Gasteiger partial charge in [-0.05, 0) is 41.4 Å². The Hall–Kier alpha value is -1.24. The highest BCUT2D eigenvalue weighted by atomic mass is 79.9. The van der Waals surface area contributed by atoms with Crippen LogP contribution < -0.4 is 4.74 Å². The Morgan fingerprint density at radius 3 is 2.53 bits per heavy atom. The van der Waals surface area contributed by atoms with E-state index in [4.69, 9.17) is 14.5 Å². The largest absolute Gasteiger partial charge is 0.481 e. The van der Waals surface area contributed by atoms with Crippen molar-refractivity contribution >= 4 is 47.0 Å². The number of alkyl halides is 2. The van der Waals surface area contributed by atoms with Crippen LogP contribution in [0.3, 0.4) is 0 Å². The molecule has 2 aliphatic rings. The molecule has 1 aromatic heterocycles. The molecule has 1 aliphatic heterocycles. The number of fused-ring (bicyclic) bond motifs is 1. The lowest BCUT2D eigenvalue weighted by molar-refractivity contribution is -0.0761. The number of hydrogen-bond acceptors (Lipinski definition) is 6. The number of halogens is 3. The fourth-order valence-corrected chi connectivity index (χ4v) is 7.20. The summed E-state index contributed by atoms with van der Waals surface area (Å²) in [5.41, 5.74) is -1.28. The summed E-state index contributed by atoms with van der Waals surface area (Å²) in [7, 11) is 0.0126. The van der Waals surface area contributed by atoms with Crippen molar-refractivity contribution in [3.05, 3.63) is 22.3 Å². The number of ether oxygens (including phenoxy) is 2. The van der Waals surface area contributed by atoms with E-state index >= 15 is 0 Å². The Balaban J connectivity index is 2.14. The van der Waals surface area contributed by atoms with E-state index in [9.17, 15) is 18.7 Å². The van der Waals surface area contributed by atoms with Gasteiger partial charge in [0.25, 0.3) is 6.43 Å². The Kier molecular flexibility index (Phi) is 8.26. The van der Waals surface area contributed by atoms with Crippen LogP contribution in [0.25, 0.3) is 0 Å². The maximum atomic E-state index is 14.5. The minimum atomic E-state index is -2.67. The summed E-state index contributed by atoms with van der Waals surface area (Å²) in [6.45, 7) is 14.4. The number of hydrogen-bond donors (Lipinski definition) is 1. The number of rotatable bonds is 8. The highest BCUT2D eigenvalue weighted by Crippen LogP contribution is 2.69. The molecule has 1 fully saturated rings. The maximum absolute atomic E-state index is 14.5. The molecule has 4 atom stereocenters. The molecule has 0 spiro atoms. The lowest BCUT2D eigenvalue weighted by Crippen LogP contribution is -2.53. The Morgan fingerprint density at radius 2 is 2.03 bits per heavy atom. The number of aliphatic imine (C=N–C) groups is 1. The third-order valence-corrected chi connectivity index (χ3v) is 10.3. The third-order valence-electron chi connectivity index (χ3n) is 6.68. The van der Waals surface area contributed by atoms with E-state index in [1.807, 2.05) is 20.8 Å². The van der Waals surface area contributed by atoms with Crippen molar-refractivity contribution in [3.8, 4) is 5.88 Å². The molecule has 0 saturated heterocycles. The first-order valence-electron chi connectivity index (χ1n) is 11.9. The minimum Gasteiger partial charge on any atom is -0.481 e. The number of amides is 1. The molecule has 12 heteroatoms. The zero-order valence-corrected chi connectivity index (χ0v) is 25.5. The third kappa shape index (κ3) is 5.76. The molecule has 1 N–H and O–H groups in total. The van der Waals surface area contributed by atoms with Gasteiger partial charge in [0.05, 0.1) is 17.4 Å². The van der Waals surface area contributed by atoms with Gasteiger partial charge < -0.3 is 14.6 Å². The molecule has 1 amide bonds. The molecule has 202 valence electrons. The molecule has 0 bridgehead atoms. The van der Waals surface area contributed by atoms with E-state index in [2.05, 4.69) is 40.6 Å². The Labute approximate surface area is 225 Å². The van der Waals surface area contributed by atoms with Crippen LogP contribution in [0.15, 0.2) is 21.7 Å². The second-order valence-electron chi connectivity index (χ2n) is 11.9. The molecule has 3 rings (SSSR count). The van der Waals surface area contributed by atoms with Crippen LogP contribution in [0, 0.1) is 11.3 Å². The molecular weight excluding hydrogens is 572 g/mol. The Morgan fingerprint density at radius 1 is 1.39 bits per heavy atom. The van der Waals surface area contributed by atoms with Crippen molar-refractivity contribution in [2.24, 2.45) is 16.3 Å². The van der Waals surface area contributed by atoms with Gasteiger partial charge in [-0.3, -0.25) is 4.99 Å². The summed E-state index contributed by atoms with van der Waals surface area (Å²) < 4.78 is 40.0. The predicted octanol–water partition coefficient (Wildman–Crippen LogP) is 6.90. The molecule has 1 saturated carbocycles. The molecule has 36 heavy (non-hydrogen) atoms. The van der Waals surface area contributed by atoms with Crippen molar-refractivity contribution in [2.45, 2.75) is 82.7 Å². The summed E-state index contributed by atoms with van der Waals surface area (Å²) in [4.78, 5) is 22.9. The van der Waals surface area contributed by atoms with Gasteiger partial charge in [0.1, 0.15) is 6.23 Å². The zero-order chi connectivity index (χ0) is 27.3. The van der Waals surface area contributed by atoms with Crippen molar-refractivity contribution in [2.75, 3.05) is 13.7 Å². The van der Waals surface area contributed by atoms with Gasteiger partial charge in [0.15, 0.2) is 5.17 Å². The lowest BCUT2D eigenvalue weighted by Gasteiger charge is -2.42. The number of carboxylic acid groups (broad SMARTS) is 1. The van der Waals surface area contributed by atoms with Crippen molar-refractivity contribution in [3.63, 3.8) is 0 Å². The Bertz CT molecular complexity index is 1040. The van der Waals surface area contributed by atoms with E-state index in [1.54, 1.807) is 19.2 Å². The second kappa shape index (κ2) is 10.1. The van der Waals surface area contributed by atoms with Crippen LogP contribution in [-0.2, 0) is 10.3 Å². The molecule has 2 heterocycles. The summed E-state index contributed by atoms with van der Waals surface area (Å²) in [5, 5.41) is 10.4. The summed E-state index contributed by atoms with van der Waals surface area (Å²) >= 11 is 4.26. The first kappa shape index (κ1) is 29.3. The fourth-order valence-electron chi connectivity index (χ4n) is 4.58. The van der Waals surface area contributed by atoms with Crippen molar-refractivity contribution in [1.29, 1.82) is 0 Å². The summed E-state index contributed by atoms with van der Waals surface area (Å²) in [6, 6.07) is 2.60. The van der Waals surface area contributed by atoms with Gasteiger partial charge in [-0.25, -0.2) is 23.5 Å². The number of thioether (sulfide) groups is 1. The number of pyridine rings is 1. The smallest absolute Gasteiger partial charge is 0.415 e. The van der Waals surface area contributed by atoms with Crippen LogP contribution in [-0.4, -0.2) is 65.4 Å². The van der Waals surface area contributed by atoms with E-state index in [0.717, 1.165) is 22.7 Å². The molecule has 0 radical (unpaired) electrons. The molecule has 7 nitrogen and oxygen atoms in total.